The van der Waals surface area contributed by atoms with Crippen molar-refractivity contribution >= 4 is 23.7 Å². The first-order valence-corrected chi connectivity index (χ1v) is 11.6. The first-order chi connectivity index (χ1) is 13.7. The number of hydrogen-bond donors (Lipinski definition) is 0. The summed E-state index contributed by atoms with van der Waals surface area (Å²) in [4.78, 5) is 15.0. The number of carbonyl (C=O) groups excluding carboxylic acids is 1. The standard InChI is InChI=1S/C24H24NO2P/c26-24(20-11-4-1-5-12-20)25-18-10-13-21(25)19-28(27,22-14-6-2-7-15-22)23-16-8-3-9-17-23/h1-9,11-12,14-17,21H,10,13,18-19H2/t21-/m0/s1. The predicted octanol–water partition coefficient (Wildman–Crippen LogP) is 4.31. The Morgan fingerprint density at radius 3 is 1.86 bits per heavy atom. The van der Waals surface area contributed by atoms with Crippen LogP contribution < -0.4 is 10.6 Å². The molecule has 1 fully saturated rings. The van der Waals surface area contributed by atoms with Gasteiger partial charge < -0.3 is 9.46 Å². The third-order valence-corrected chi connectivity index (χ3v) is 8.67. The van der Waals surface area contributed by atoms with Crippen LogP contribution in [0, 0.1) is 0 Å². The number of nitrogens with zero attached hydrogens (tertiary/aromatic N) is 1. The number of likely N-dealkylation sites (tertiary alicyclic amines) is 1. The van der Waals surface area contributed by atoms with Crippen molar-refractivity contribution in [3.8, 4) is 0 Å². The molecule has 0 radical (unpaired) electrons. The van der Waals surface area contributed by atoms with Crippen molar-refractivity contribution in [2.75, 3.05) is 12.7 Å². The van der Waals surface area contributed by atoms with Crippen LogP contribution in [0.25, 0.3) is 0 Å². The molecule has 0 aromatic heterocycles. The van der Waals surface area contributed by atoms with Gasteiger partial charge in [-0.1, -0.05) is 78.9 Å². The molecule has 1 aliphatic rings. The van der Waals surface area contributed by atoms with Gasteiger partial charge in [-0.2, -0.15) is 0 Å². The van der Waals surface area contributed by atoms with E-state index in [1.54, 1.807) is 0 Å². The van der Waals surface area contributed by atoms with Crippen LogP contribution in [0.1, 0.15) is 23.2 Å². The lowest BCUT2D eigenvalue weighted by Gasteiger charge is -2.29. The second-order valence-electron chi connectivity index (χ2n) is 7.25. The van der Waals surface area contributed by atoms with Gasteiger partial charge in [0.2, 0.25) is 0 Å². The largest absolute Gasteiger partial charge is 0.335 e. The van der Waals surface area contributed by atoms with Crippen molar-refractivity contribution in [2.24, 2.45) is 0 Å². The van der Waals surface area contributed by atoms with E-state index in [0.717, 1.165) is 30.0 Å². The average Bonchev–Trinajstić information content (AvgIpc) is 3.23. The number of carbonyl (C=O) groups is 1. The van der Waals surface area contributed by atoms with E-state index in [-0.39, 0.29) is 11.9 Å². The minimum Gasteiger partial charge on any atom is -0.335 e. The fourth-order valence-electron chi connectivity index (χ4n) is 4.03. The van der Waals surface area contributed by atoms with E-state index in [1.165, 1.54) is 0 Å². The van der Waals surface area contributed by atoms with E-state index >= 15 is 0 Å². The van der Waals surface area contributed by atoms with Crippen molar-refractivity contribution in [2.45, 2.75) is 18.9 Å². The number of benzene rings is 3. The Kier molecular flexibility index (Phi) is 5.45. The van der Waals surface area contributed by atoms with E-state index in [1.807, 2.05) is 95.9 Å². The topological polar surface area (TPSA) is 37.4 Å². The maximum absolute atomic E-state index is 14.3. The minimum absolute atomic E-state index is 0.0149. The monoisotopic (exact) mass is 389 g/mol. The summed E-state index contributed by atoms with van der Waals surface area (Å²) in [6.45, 7) is 0.724. The third kappa shape index (κ3) is 3.68. The van der Waals surface area contributed by atoms with E-state index in [4.69, 9.17) is 0 Å². The molecule has 3 nitrogen and oxygen atoms in total. The summed E-state index contributed by atoms with van der Waals surface area (Å²) < 4.78 is 14.3. The summed E-state index contributed by atoms with van der Waals surface area (Å²) in [5.41, 5.74) is 0.698. The first kappa shape index (κ1) is 18.7. The van der Waals surface area contributed by atoms with Crippen LogP contribution in [0.15, 0.2) is 91.0 Å². The lowest BCUT2D eigenvalue weighted by Crippen LogP contribution is -2.39. The summed E-state index contributed by atoms with van der Waals surface area (Å²) in [6, 6.07) is 28.8. The SMILES string of the molecule is O=C(c1ccccc1)N1CCC[C@H]1CP(=O)(c1ccccc1)c1ccccc1. The zero-order valence-electron chi connectivity index (χ0n) is 15.8. The van der Waals surface area contributed by atoms with Gasteiger partial charge in [-0.15, -0.1) is 0 Å². The van der Waals surface area contributed by atoms with Gasteiger partial charge in [0.15, 0.2) is 0 Å². The smallest absolute Gasteiger partial charge is 0.254 e. The molecule has 3 aromatic carbocycles. The molecule has 0 unspecified atom stereocenters. The van der Waals surface area contributed by atoms with Gasteiger partial charge in [0, 0.05) is 34.9 Å². The summed E-state index contributed by atoms with van der Waals surface area (Å²) in [5, 5.41) is 1.72. The summed E-state index contributed by atoms with van der Waals surface area (Å²) in [7, 11) is -2.84. The van der Waals surface area contributed by atoms with Crippen LogP contribution in [0.4, 0.5) is 0 Å². The van der Waals surface area contributed by atoms with Crippen LogP contribution in [0.5, 0.6) is 0 Å². The second kappa shape index (κ2) is 8.16. The highest BCUT2D eigenvalue weighted by atomic mass is 31.2. The molecule has 28 heavy (non-hydrogen) atoms. The van der Waals surface area contributed by atoms with E-state index < -0.39 is 7.14 Å². The second-order valence-corrected chi connectivity index (χ2v) is 10.1. The molecule has 142 valence electrons. The molecule has 0 bridgehead atoms. The van der Waals surface area contributed by atoms with Crippen molar-refractivity contribution in [1.29, 1.82) is 0 Å². The highest BCUT2D eigenvalue weighted by Crippen LogP contribution is 2.46. The minimum atomic E-state index is -2.84. The Bertz CT molecular complexity index is 930. The molecular formula is C24H24NO2P. The van der Waals surface area contributed by atoms with Crippen molar-refractivity contribution in [3.63, 3.8) is 0 Å². The molecule has 1 atom stereocenters. The Morgan fingerprint density at radius 1 is 0.821 bits per heavy atom. The Balaban J connectivity index is 1.67. The Hall–Kier alpha value is -2.64. The quantitative estimate of drug-likeness (QED) is 0.610. The molecule has 0 saturated carbocycles. The van der Waals surface area contributed by atoms with Crippen molar-refractivity contribution in [1.82, 2.24) is 4.90 Å². The van der Waals surface area contributed by atoms with E-state index in [0.29, 0.717) is 11.7 Å². The van der Waals surface area contributed by atoms with Gasteiger partial charge >= 0.3 is 0 Å². The van der Waals surface area contributed by atoms with Crippen LogP contribution in [-0.4, -0.2) is 29.6 Å². The molecule has 1 saturated heterocycles. The Labute approximate surface area is 166 Å². The average molecular weight is 389 g/mol. The molecule has 3 aromatic rings. The van der Waals surface area contributed by atoms with E-state index in [9.17, 15) is 9.36 Å². The normalized spacial score (nSPS) is 16.9. The van der Waals surface area contributed by atoms with Gasteiger partial charge in [-0.05, 0) is 25.0 Å². The lowest BCUT2D eigenvalue weighted by molar-refractivity contribution is 0.0749. The fraction of sp³-hybridized carbons (Fsp3) is 0.208. The first-order valence-electron chi connectivity index (χ1n) is 9.75. The molecule has 0 spiro atoms. The summed E-state index contributed by atoms with van der Waals surface area (Å²) >= 11 is 0. The highest BCUT2D eigenvalue weighted by molar-refractivity contribution is 7.78. The highest BCUT2D eigenvalue weighted by Gasteiger charge is 2.37. The maximum Gasteiger partial charge on any atom is 0.254 e. The van der Waals surface area contributed by atoms with E-state index in [2.05, 4.69) is 0 Å². The van der Waals surface area contributed by atoms with Crippen molar-refractivity contribution in [3.05, 3.63) is 96.6 Å². The predicted molar refractivity (Wildman–Crippen MR) is 115 cm³/mol. The van der Waals surface area contributed by atoms with Crippen LogP contribution in [0.3, 0.4) is 0 Å². The van der Waals surface area contributed by atoms with Gasteiger partial charge in [-0.3, -0.25) is 4.79 Å². The van der Waals surface area contributed by atoms with Gasteiger partial charge in [0.05, 0.1) is 0 Å². The van der Waals surface area contributed by atoms with Crippen LogP contribution in [-0.2, 0) is 4.57 Å². The molecule has 4 rings (SSSR count). The Morgan fingerprint density at radius 2 is 1.32 bits per heavy atom. The van der Waals surface area contributed by atoms with Gasteiger partial charge in [-0.25, -0.2) is 0 Å². The van der Waals surface area contributed by atoms with Crippen molar-refractivity contribution < 1.29 is 9.36 Å². The molecule has 1 aliphatic heterocycles. The van der Waals surface area contributed by atoms with Gasteiger partial charge in [0.1, 0.15) is 7.14 Å². The van der Waals surface area contributed by atoms with Crippen LogP contribution in [0.2, 0.25) is 0 Å². The molecule has 1 amide bonds. The molecule has 0 N–H and O–H groups in total. The lowest BCUT2D eigenvalue weighted by atomic mass is 10.2. The maximum atomic E-state index is 14.3. The molecule has 0 aliphatic carbocycles. The van der Waals surface area contributed by atoms with Gasteiger partial charge in [0.25, 0.3) is 5.91 Å². The number of amides is 1. The van der Waals surface area contributed by atoms with Crippen LogP contribution >= 0.6 is 7.14 Å². The zero-order valence-corrected chi connectivity index (χ0v) is 16.7. The summed E-state index contributed by atoms with van der Waals surface area (Å²) in [6.07, 6.45) is 2.33. The third-order valence-electron chi connectivity index (χ3n) is 5.47. The molecular weight excluding hydrogens is 365 g/mol. The fourth-order valence-corrected chi connectivity index (χ4v) is 7.03. The zero-order chi connectivity index (χ0) is 19.4. The molecule has 1 heterocycles. The summed E-state index contributed by atoms with van der Waals surface area (Å²) in [5.74, 6) is 0.0378. The molecule has 4 heteroatoms. The number of hydrogen-bond acceptors (Lipinski definition) is 2. The number of rotatable bonds is 5.